The van der Waals surface area contributed by atoms with Crippen LogP contribution in [0.25, 0.3) is 11.5 Å². The predicted octanol–water partition coefficient (Wildman–Crippen LogP) is 3.24. The molecule has 152 valence electrons. The van der Waals surface area contributed by atoms with Crippen LogP contribution in [0.1, 0.15) is 28.5 Å². The van der Waals surface area contributed by atoms with E-state index in [0.29, 0.717) is 28.6 Å². The Labute approximate surface area is 175 Å². The lowest BCUT2D eigenvalue weighted by atomic mass is 9.90. The van der Waals surface area contributed by atoms with E-state index in [2.05, 4.69) is 15.0 Å². The summed E-state index contributed by atoms with van der Waals surface area (Å²) in [7, 11) is 1.61. The Morgan fingerprint density at radius 3 is 2.07 bits per heavy atom. The molecule has 0 aliphatic heterocycles. The number of imidazole rings is 1. The summed E-state index contributed by atoms with van der Waals surface area (Å²) in [6.45, 7) is 4.03. The van der Waals surface area contributed by atoms with Gasteiger partial charge in [-0.05, 0) is 50.2 Å². The number of rotatable bonds is 6. The molecule has 7 nitrogen and oxygen atoms in total. The van der Waals surface area contributed by atoms with Crippen LogP contribution in [-0.2, 0) is 17.1 Å². The number of ether oxygens (including phenoxy) is 1. The standard InChI is InChI=1S/C23H23N5O2/c1-16-8-6-11-19(25-16)23(29,20-12-7-9-17(2)26-20)21-14-28(15-30-3)22(27-21)18-10-4-5-13-24-18/h4-14,29H,15H2,1-3H3. The Kier molecular flexibility index (Phi) is 5.39. The molecule has 0 unspecified atom stereocenters. The van der Waals surface area contributed by atoms with E-state index in [1.54, 1.807) is 31.6 Å². The third kappa shape index (κ3) is 3.60. The summed E-state index contributed by atoms with van der Waals surface area (Å²) in [4.78, 5) is 18.4. The first-order valence-corrected chi connectivity index (χ1v) is 9.61. The van der Waals surface area contributed by atoms with Crippen molar-refractivity contribution in [3.05, 3.63) is 95.5 Å². The van der Waals surface area contributed by atoms with Gasteiger partial charge in [0.25, 0.3) is 0 Å². The number of aliphatic hydroxyl groups is 1. The van der Waals surface area contributed by atoms with Gasteiger partial charge in [-0.15, -0.1) is 0 Å². The summed E-state index contributed by atoms with van der Waals surface area (Å²) in [6.07, 6.45) is 3.47. The number of nitrogens with zero attached hydrogens (tertiary/aromatic N) is 5. The van der Waals surface area contributed by atoms with Crippen LogP contribution >= 0.6 is 0 Å². The maximum Gasteiger partial charge on any atom is 0.192 e. The zero-order chi connectivity index (χ0) is 21.1. The van der Waals surface area contributed by atoms with Crippen molar-refractivity contribution in [2.45, 2.75) is 26.2 Å². The van der Waals surface area contributed by atoms with Crippen molar-refractivity contribution in [1.29, 1.82) is 0 Å². The summed E-state index contributed by atoms with van der Waals surface area (Å²) in [5.74, 6) is 0.589. The Morgan fingerprint density at radius 1 is 0.867 bits per heavy atom. The molecule has 4 aromatic rings. The normalized spacial score (nSPS) is 11.6. The van der Waals surface area contributed by atoms with Gasteiger partial charge in [0.1, 0.15) is 18.1 Å². The number of aromatic nitrogens is 5. The molecule has 0 atom stereocenters. The van der Waals surface area contributed by atoms with Crippen molar-refractivity contribution in [1.82, 2.24) is 24.5 Å². The van der Waals surface area contributed by atoms with Gasteiger partial charge in [0.15, 0.2) is 11.4 Å². The first-order chi connectivity index (χ1) is 14.5. The Hall–Kier alpha value is -3.42. The van der Waals surface area contributed by atoms with Gasteiger partial charge in [-0.3, -0.25) is 15.0 Å². The Morgan fingerprint density at radius 2 is 1.53 bits per heavy atom. The van der Waals surface area contributed by atoms with Crippen molar-refractivity contribution >= 4 is 0 Å². The van der Waals surface area contributed by atoms with Crippen LogP contribution in [0.5, 0.6) is 0 Å². The van der Waals surface area contributed by atoms with Gasteiger partial charge in [-0.25, -0.2) is 4.98 Å². The molecule has 0 aliphatic carbocycles. The van der Waals surface area contributed by atoms with Crippen molar-refractivity contribution in [3.63, 3.8) is 0 Å². The summed E-state index contributed by atoms with van der Waals surface area (Å²) in [5, 5.41) is 12.1. The van der Waals surface area contributed by atoms with E-state index in [-0.39, 0.29) is 6.73 Å². The molecular formula is C23H23N5O2. The van der Waals surface area contributed by atoms with E-state index in [1.807, 2.05) is 60.9 Å². The minimum Gasteiger partial charge on any atom is -0.372 e. The van der Waals surface area contributed by atoms with Crippen LogP contribution < -0.4 is 0 Å². The fourth-order valence-corrected chi connectivity index (χ4v) is 3.41. The summed E-state index contributed by atoms with van der Waals surface area (Å²) in [5.41, 5.74) is 1.93. The average Bonchev–Trinajstić information content (AvgIpc) is 3.18. The topological polar surface area (TPSA) is 86.0 Å². The third-order valence-corrected chi connectivity index (χ3v) is 4.83. The highest BCUT2D eigenvalue weighted by Gasteiger charge is 2.40. The summed E-state index contributed by atoms with van der Waals surface area (Å²) in [6, 6.07) is 16.7. The zero-order valence-corrected chi connectivity index (χ0v) is 17.1. The minimum absolute atomic E-state index is 0.261. The highest BCUT2D eigenvalue weighted by atomic mass is 16.5. The number of hydrogen-bond donors (Lipinski definition) is 1. The van der Waals surface area contributed by atoms with E-state index in [4.69, 9.17) is 9.72 Å². The molecule has 4 heterocycles. The van der Waals surface area contributed by atoms with Gasteiger partial charge in [-0.2, -0.15) is 0 Å². The van der Waals surface area contributed by atoms with Crippen molar-refractivity contribution in [3.8, 4) is 11.5 Å². The molecule has 0 saturated carbocycles. The van der Waals surface area contributed by atoms with Gasteiger partial charge in [0, 0.05) is 30.9 Å². The fraction of sp³-hybridized carbons (Fsp3) is 0.217. The van der Waals surface area contributed by atoms with Gasteiger partial charge in [0.05, 0.1) is 11.4 Å². The van der Waals surface area contributed by atoms with E-state index in [0.717, 1.165) is 11.4 Å². The van der Waals surface area contributed by atoms with Crippen molar-refractivity contribution < 1.29 is 9.84 Å². The van der Waals surface area contributed by atoms with E-state index < -0.39 is 5.60 Å². The molecule has 30 heavy (non-hydrogen) atoms. The highest BCUT2D eigenvalue weighted by molar-refractivity contribution is 5.52. The maximum atomic E-state index is 12.1. The molecule has 0 bridgehead atoms. The van der Waals surface area contributed by atoms with Gasteiger partial charge in [-0.1, -0.05) is 18.2 Å². The molecule has 1 N–H and O–H groups in total. The predicted molar refractivity (Wildman–Crippen MR) is 113 cm³/mol. The smallest absolute Gasteiger partial charge is 0.192 e. The number of pyridine rings is 3. The molecule has 0 saturated heterocycles. The largest absolute Gasteiger partial charge is 0.372 e. The quantitative estimate of drug-likeness (QED) is 0.534. The van der Waals surface area contributed by atoms with Crippen molar-refractivity contribution in [2.24, 2.45) is 0 Å². The van der Waals surface area contributed by atoms with Gasteiger partial charge >= 0.3 is 0 Å². The lowest BCUT2D eigenvalue weighted by Crippen LogP contribution is -2.32. The van der Waals surface area contributed by atoms with E-state index >= 15 is 0 Å². The fourth-order valence-electron chi connectivity index (χ4n) is 3.41. The molecule has 0 spiro atoms. The van der Waals surface area contributed by atoms with Gasteiger partial charge in [0.2, 0.25) is 0 Å². The first kappa shape index (κ1) is 19.9. The second-order valence-electron chi connectivity index (χ2n) is 7.09. The molecule has 4 rings (SSSR count). The van der Waals surface area contributed by atoms with E-state index in [1.165, 1.54) is 0 Å². The van der Waals surface area contributed by atoms with Crippen LogP contribution in [0.2, 0.25) is 0 Å². The molecule has 0 radical (unpaired) electrons. The van der Waals surface area contributed by atoms with Gasteiger partial charge < -0.3 is 14.4 Å². The molecule has 0 aliphatic rings. The number of methoxy groups -OCH3 is 1. The summed E-state index contributed by atoms with van der Waals surface area (Å²) < 4.78 is 7.16. The molecule has 0 amide bonds. The number of hydrogen-bond acceptors (Lipinski definition) is 6. The molecule has 7 heteroatoms. The SMILES string of the molecule is COCn1cc(C(O)(c2cccc(C)n2)c2cccc(C)n2)nc1-c1ccccn1. The molecule has 0 aromatic carbocycles. The first-order valence-electron chi connectivity index (χ1n) is 9.61. The third-order valence-electron chi connectivity index (χ3n) is 4.83. The lowest BCUT2D eigenvalue weighted by Gasteiger charge is -2.26. The van der Waals surface area contributed by atoms with Crippen LogP contribution in [0.3, 0.4) is 0 Å². The zero-order valence-electron chi connectivity index (χ0n) is 17.1. The minimum atomic E-state index is -1.64. The second kappa shape index (κ2) is 8.14. The van der Waals surface area contributed by atoms with Crippen molar-refractivity contribution in [2.75, 3.05) is 7.11 Å². The van der Waals surface area contributed by atoms with Crippen LogP contribution in [0.15, 0.2) is 67.0 Å². The molecule has 4 aromatic heterocycles. The molecular weight excluding hydrogens is 378 g/mol. The second-order valence-corrected chi connectivity index (χ2v) is 7.09. The summed E-state index contributed by atoms with van der Waals surface area (Å²) >= 11 is 0. The van der Waals surface area contributed by atoms with Crippen LogP contribution in [-0.4, -0.2) is 36.7 Å². The Bertz CT molecular complexity index is 1110. The lowest BCUT2D eigenvalue weighted by molar-refractivity contribution is 0.109. The van der Waals surface area contributed by atoms with Crippen LogP contribution in [0, 0.1) is 13.8 Å². The highest BCUT2D eigenvalue weighted by Crippen LogP contribution is 2.35. The molecule has 0 fully saturated rings. The van der Waals surface area contributed by atoms with Crippen LogP contribution in [0.4, 0.5) is 0 Å². The number of aryl methyl sites for hydroxylation is 2. The monoisotopic (exact) mass is 401 g/mol. The van der Waals surface area contributed by atoms with E-state index in [9.17, 15) is 5.11 Å². The Balaban J connectivity index is 1.96. The average molecular weight is 401 g/mol. The maximum absolute atomic E-state index is 12.1.